The molecule has 0 bridgehead atoms. The third kappa shape index (κ3) is 3.43. The highest BCUT2D eigenvalue weighted by atomic mass is 35.5. The maximum atomic E-state index is 13.2. The van der Waals surface area contributed by atoms with Gasteiger partial charge in [0, 0.05) is 4.88 Å². The lowest BCUT2D eigenvalue weighted by Crippen LogP contribution is -2.29. The average molecular weight is 470 g/mol. The number of halogens is 1. The standard InChI is InChI=1S/C24H20ClNO5S/c1-12-10-14(22(31-3)15(25)11-12)20(28)18-19(23-13(2)8-9-32-23)26(24(30)21(18)29)16-6-4-5-7-17(16)27/h4-11,19,27-28H,1-3H3/b20-18+. The molecule has 0 aliphatic carbocycles. The summed E-state index contributed by atoms with van der Waals surface area (Å²) in [7, 11) is 1.41. The van der Waals surface area contributed by atoms with E-state index in [0.29, 0.717) is 4.88 Å². The molecule has 0 spiro atoms. The summed E-state index contributed by atoms with van der Waals surface area (Å²) in [5.74, 6) is -2.04. The number of benzene rings is 2. The molecule has 1 aromatic heterocycles. The smallest absolute Gasteiger partial charge is 0.300 e. The zero-order valence-corrected chi connectivity index (χ0v) is 19.1. The highest BCUT2D eigenvalue weighted by Crippen LogP contribution is 2.48. The number of aliphatic hydroxyl groups excluding tert-OH is 1. The maximum Gasteiger partial charge on any atom is 0.300 e. The number of Topliss-reactive ketones (excluding diaryl/α,β-unsaturated/α-hetero) is 1. The monoisotopic (exact) mass is 469 g/mol. The number of hydrogen-bond donors (Lipinski definition) is 2. The molecule has 1 atom stereocenters. The molecule has 32 heavy (non-hydrogen) atoms. The number of anilines is 1. The fraction of sp³-hybridized carbons (Fsp3) is 0.167. The Kier molecular flexibility index (Phi) is 5.71. The normalized spacial score (nSPS) is 17.8. The summed E-state index contributed by atoms with van der Waals surface area (Å²) < 4.78 is 5.38. The van der Waals surface area contributed by atoms with Crippen LogP contribution in [0.2, 0.25) is 5.02 Å². The van der Waals surface area contributed by atoms with Gasteiger partial charge in [-0.3, -0.25) is 14.5 Å². The van der Waals surface area contributed by atoms with Gasteiger partial charge in [0.25, 0.3) is 11.7 Å². The van der Waals surface area contributed by atoms with E-state index in [0.717, 1.165) is 11.1 Å². The Morgan fingerprint density at radius 2 is 1.88 bits per heavy atom. The molecule has 2 heterocycles. The topological polar surface area (TPSA) is 87.1 Å². The highest BCUT2D eigenvalue weighted by molar-refractivity contribution is 7.10. The van der Waals surface area contributed by atoms with Crippen LogP contribution in [0.1, 0.15) is 27.6 Å². The molecule has 2 aromatic carbocycles. The summed E-state index contributed by atoms with van der Waals surface area (Å²) in [4.78, 5) is 28.3. The molecule has 8 heteroatoms. The molecule has 1 aliphatic heterocycles. The van der Waals surface area contributed by atoms with E-state index in [-0.39, 0.29) is 39.1 Å². The van der Waals surface area contributed by atoms with Crippen molar-refractivity contribution >= 4 is 46.1 Å². The number of thiophene rings is 1. The number of rotatable bonds is 4. The molecule has 0 saturated carbocycles. The van der Waals surface area contributed by atoms with Crippen molar-refractivity contribution in [2.24, 2.45) is 0 Å². The van der Waals surface area contributed by atoms with Crippen LogP contribution in [0.25, 0.3) is 5.76 Å². The molecule has 0 radical (unpaired) electrons. The number of nitrogens with zero attached hydrogens (tertiary/aromatic N) is 1. The number of aromatic hydroxyl groups is 1. The van der Waals surface area contributed by atoms with E-state index >= 15 is 0 Å². The molecule has 3 aromatic rings. The summed E-state index contributed by atoms with van der Waals surface area (Å²) in [6.07, 6.45) is 0. The van der Waals surface area contributed by atoms with Crippen LogP contribution in [-0.4, -0.2) is 29.0 Å². The summed E-state index contributed by atoms with van der Waals surface area (Å²) in [5.41, 5.74) is 1.90. The summed E-state index contributed by atoms with van der Waals surface area (Å²) >= 11 is 7.66. The van der Waals surface area contributed by atoms with Gasteiger partial charge in [-0.1, -0.05) is 23.7 Å². The second-order valence-corrected chi connectivity index (χ2v) is 8.81. The molecular weight excluding hydrogens is 450 g/mol. The van der Waals surface area contributed by atoms with Gasteiger partial charge < -0.3 is 14.9 Å². The van der Waals surface area contributed by atoms with Crippen molar-refractivity contribution in [2.75, 3.05) is 12.0 Å². The number of phenolic OH excluding ortho intramolecular Hbond substituents is 1. The first-order chi connectivity index (χ1) is 15.3. The van der Waals surface area contributed by atoms with Gasteiger partial charge in [-0.25, -0.2) is 0 Å². The largest absolute Gasteiger partial charge is 0.507 e. The molecule has 1 unspecified atom stereocenters. The fourth-order valence-electron chi connectivity index (χ4n) is 3.92. The summed E-state index contributed by atoms with van der Waals surface area (Å²) in [6.45, 7) is 3.66. The number of aryl methyl sites for hydroxylation is 2. The number of methoxy groups -OCH3 is 1. The Morgan fingerprint density at radius 3 is 2.50 bits per heavy atom. The predicted octanol–water partition coefficient (Wildman–Crippen LogP) is 5.36. The number of hydrogen-bond acceptors (Lipinski definition) is 6. The third-order valence-corrected chi connectivity index (χ3v) is 6.74. The number of carbonyl (C=O) groups excluding carboxylic acids is 2. The van der Waals surface area contributed by atoms with Crippen LogP contribution >= 0.6 is 22.9 Å². The van der Waals surface area contributed by atoms with Crippen LogP contribution in [0.4, 0.5) is 5.69 Å². The fourth-order valence-corrected chi connectivity index (χ4v) is 5.29. The molecule has 6 nitrogen and oxygen atoms in total. The van der Waals surface area contributed by atoms with E-state index in [1.165, 1.54) is 29.4 Å². The first-order valence-electron chi connectivity index (χ1n) is 9.73. The maximum absolute atomic E-state index is 13.2. The van der Waals surface area contributed by atoms with Gasteiger partial charge in [-0.05, 0) is 60.7 Å². The Morgan fingerprint density at radius 1 is 1.16 bits per heavy atom. The predicted molar refractivity (Wildman–Crippen MR) is 125 cm³/mol. The first kappa shape index (κ1) is 21.9. The van der Waals surface area contributed by atoms with Crippen molar-refractivity contribution in [1.82, 2.24) is 0 Å². The van der Waals surface area contributed by atoms with Crippen molar-refractivity contribution in [3.63, 3.8) is 0 Å². The van der Waals surface area contributed by atoms with Gasteiger partial charge in [-0.2, -0.15) is 0 Å². The minimum Gasteiger partial charge on any atom is -0.507 e. The SMILES string of the molecule is COc1c(Cl)cc(C)cc1/C(O)=C1\C(=O)C(=O)N(c2ccccc2O)C1c1sccc1C. The molecule has 1 amide bonds. The lowest BCUT2D eigenvalue weighted by atomic mass is 9.97. The summed E-state index contributed by atoms with van der Waals surface area (Å²) in [6, 6.07) is 10.6. The van der Waals surface area contributed by atoms with E-state index in [1.54, 1.807) is 37.3 Å². The molecule has 1 saturated heterocycles. The number of ketones is 1. The van der Waals surface area contributed by atoms with Crippen LogP contribution < -0.4 is 9.64 Å². The Balaban J connectivity index is 2.03. The molecule has 164 valence electrons. The van der Waals surface area contributed by atoms with Gasteiger partial charge in [0.1, 0.15) is 23.3 Å². The number of ether oxygens (including phenoxy) is 1. The molecule has 2 N–H and O–H groups in total. The van der Waals surface area contributed by atoms with Gasteiger partial charge in [-0.15, -0.1) is 11.3 Å². The molecule has 1 aliphatic rings. The van der Waals surface area contributed by atoms with Gasteiger partial charge >= 0.3 is 0 Å². The van der Waals surface area contributed by atoms with Crippen LogP contribution in [-0.2, 0) is 9.59 Å². The number of phenols is 1. The quantitative estimate of drug-likeness (QED) is 0.305. The Bertz CT molecular complexity index is 1280. The zero-order valence-electron chi connectivity index (χ0n) is 17.5. The van der Waals surface area contributed by atoms with Crippen molar-refractivity contribution in [3.05, 3.63) is 80.0 Å². The Hall–Kier alpha value is -3.29. The second-order valence-electron chi connectivity index (χ2n) is 7.45. The van der Waals surface area contributed by atoms with Gasteiger partial charge in [0.15, 0.2) is 0 Å². The number of aliphatic hydroxyl groups is 1. The zero-order chi connectivity index (χ0) is 23.2. The van der Waals surface area contributed by atoms with Crippen molar-refractivity contribution < 1.29 is 24.5 Å². The minimum atomic E-state index is -0.924. The molecule has 1 fully saturated rings. The van der Waals surface area contributed by atoms with Crippen LogP contribution in [0.15, 0.2) is 53.4 Å². The first-order valence-corrected chi connectivity index (χ1v) is 11.0. The lowest BCUT2D eigenvalue weighted by Gasteiger charge is -2.25. The van der Waals surface area contributed by atoms with Crippen LogP contribution in [0.3, 0.4) is 0 Å². The molecule has 4 rings (SSSR count). The lowest BCUT2D eigenvalue weighted by molar-refractivity contribution is -0.132. The van der Waals surface area contributed by atoms with Crippen LogP contribution in [0, 0.1) is 13.8 Å². The van der Waals surface area contributed by atoms with E-state index in [4.69, 9.17) is 16.3 Å². The van der Waals surface area contributed by atoms with Crippen molar-refractivity contribution in [1.29, 1.82) is 0 Å². The van der Waals surface area contributed by atoms with E-state index in [9.17, 15) is 19.8 Å². The Labute approximate surface area is 193 Å². The van der Waals surface area contributed by atoms with Crippen molar-refractivity contribution in [2.45, 2.75) is 19.9 Å². The minimum absolute atomic E-state index is 0.0937. The highest BCUT2D eigenvalue weighted by Gasteiger charge is 2.48. The third-order valence-electron chi connectivity index (χ3n) is 5.38. The van der Waals surface area contributed by atoms with E-state index in [1.807, 2.05) is 18.4 Å². The number of carbonyl (C=O) groups is 2. The van der Waals surface area contributed by atoms with Crippen molar-refractivity contribution in [3.8, 4) is 11.5 Å². The molecular formula is C24H20ClNO5S. The number of para-hydroxylation sites is 2. The van der Waals surface area contributed by atoms with E-state index in [2.05, 4.69) is 0 Å². The summed E-state index contributed by atoms with van der Waals surface area (Å²) in [5, 5.41) is 23.9. The average Bonchev–Trinajstić information content (AvgIpc) is 3.28. The van der Waals surface area contributed by atoms with Gasteiger partial charge in [0.2, 0.25) is 0 Å². The van der Waals surface area contributed by atoms with Gasteiger partial charge in [0.05, 0.1) is 29.0 Å². The number of amides is 1. The van der Waals surface area contributed by atoms with E-state index < -0.39 is 17.7 Å². The van der Waals surface area contributed by atoms with Crippen LogP contribution in [0.5, 0.6) is 11.5 Å². The second kappa shape index (κ2) is 8.33.